The number of anilines is 1. The third-order valence-corrected chi connectivity index (χ3v) is 9.63. The molecule has 2 saturated heterocycles. The number of likely N-dealkylation sites (tertiary alicyclic amines) is 1. The minimum absolute atomic E-state index is 0.0588. The smallest absolute Gasteiger partial charge is 0.246 e. The van der Waals surface area contributed by atoms with E-state index in [9.17, 15) is 14.4 Å². The van der Waals surface area contributed by atoms with Gasteiger partial charge in [0.2, 0.25) is 17.7 Å². The summed E-state index contributed by atoms with van der Waals surface area (Å²) in [6, 6.07) is 5.02. The summed E-state index contributed by atoms with van der Waals surface area (Å²) in [4.78, 5) is 43.4. The number of amides is 3. The van der Waals surface area contributed by atoms with Crippen LogP contribution in [0.5, 0.6) is 0 Å². The van der Waals surface area contributed by atoms with Crippen molar-refractivity contribution in [2.45, 2.75) is 84.1 Å². The zero-order valence-corrected chi connectivity index (χ0v) is 23.9. The van der Waals surface area contributed by atoms with Crippen LogP contribution in [0.2, 0.25) is 0 Å². The molecular weight excluding hydrogens is 494 g/mol. The second-order valence-electron chi connectivity index (χ2n) is 12.0. The topological polar surface area (TPSA) is 97.0 Å². The normalized spacial score (nSPS) is 34.8. The minimum Gasteiger partial charge on any atom is -0.382 e. The highest BCUT2D eigenvalue weighted by Crippen LogP contribution is 2.55. The maximum absolute atomic E-state index is 14.0. The Morgan fingerprint density at radius 1 is 1.15 bits per heavy atom. The molecule has 0 radical (unpaired) electrons. The fraction of sp³-hybridized carbons (Fsp3) is 0.645. The van der Waals surface area contributed by atoms with Crippen molar-refractivity contribution in [1.82, 2.24) is 10.2 Å². The number of nitrogens with zero attached hydrogens (tertiary/aromatic N) is 1. The highest BCUT2D eigenvalue weighted by atomic mass is 16.5. The largest absolute Gasteiger partial charge is 0.382 e. The van der Waals surface area contributed by atoms with Gasteiger partial charge in [-0.05, 0) is 68.7 Å². The second-order valence-corrected chi connectivity index (χ2v) is 12.0. The Kier molecular flexibility index (Phi) is 7.89. The van der Waals surface area contributed by atoms with Gasteiger partial charge in [0.15, 0.2) is 0 Å². The van der Waals surface area contributed by atoms with E-state index in [1.165, 1.54) is 0 Å². The van der Waals surface area contributed by atoms with Crippen molar-refractivity contribution in [2.75, 3.05) is 25.1 Å². The van der Waals surface area contributed by atoms with Crippen molar-refractivity contribution in [3.05, 3.63) is 41.5 Å². The number of carbonyl (C=O) groups is 3. The van der Waals surface area contributed by atoms with E-state index in [-0.39, 0.29) is 23.8 Å². The zero-order valence-electron chi connectivity index (χ0n) is 23.9. The van der Waals surface area contributed by atoms with Gasteiger partial charge in [0, 0.05) is 31.5 Å². The molecule has 3 heterocycles. The molecule has 0 unspecified atom stereocenters. The molecule has 3 fully saturated rings. The molecule has 2 bridgehead atoms. The first kappa shape index (κ1) is 27.8. The van der Waals surface area contributed by atoms with Crippen LogP contribution in [0.4, 0.5) is 5.69 Å². The third kappa shape index (κ3) is 4.91. The van der Waals surface area contributed by atoms with E-state index < -0.39 is 29.6 Å². The first-order valence-electron chi connectivity index (χ1n) is 14.6. The van der Waals surface area contributed by atoms with E-state index in [2.05, 4.69) is 24.5 Å². The van der Waals surface area contributed by atoms with Crippen molar-refractivity contribution in [3.8, 4) is 0 Å². The maximum Gasteiger partial charge on any atom is 0.246 e. The molecule has 3 aliphatic heterocycles. The molecular formula is C31H43N3O5. The van der Waals surface area contributed by atoms with E-state index in [0.717, 1.165) is 30.4 Å². The number of nitrogens with one attached hydrogen (secondary N) is 2. The van der Waals surface area contributed by atoms with Crippen LogP contribution in [0.1, 0.15) is 57.6 Å². The summed E-state index contributed by atoms with van der Waals surface area (Å²) in [6.45, 7) is 11.9. The predicted octanol–water partition coefficient (Wildman–Crippen LogP) is 3.76. The van der Waals surface area contributed by atoms with Gasteiger partial charge in [0.1, 0.15) is 11.6 Å². The molecule has 0 aromatic heterocycles. The van der Waals surface area contributed by atoms with Crippen LogP contribution in [-0.2, 0) is 23.9 Å². The van der Waals surface area contributed by atoms with Crippen molar-refractivity contribution in [1.29, 1.82) is 0 Å². The predicted molar refractivity (Wildman–Crippen MR) is 149 cm³/mol. The standard InChI is InChI=1S/C31H43N3O5/c1-6-38-16-8-15-34-27(29(36)33-23-10-7-9-19(3)21(23)5)31-14-13-24(39-31)25(26(31)30(34)37)28(35)32-22-12-11-18(2)20(4)17-22/h11-14,17,19,21,23-27H,6-10,15-16H2,1-5H3,(H,32,35)(H,33,36)/t19-,21-,23+,24-,25+,26-,27-,31-/m0/s1. The van der Waals surface area contributed by atoms with E-state index >= 15 is 0 Å². The summed E-state index contributed by atoms with van der Waals surface area (Å²) >= 11 is 0. The van der Waals surface area contributed by atoms with Crippen molar-refractivity contribution in [3.63, 3.8) is 0 Å². The van der Waals surface area contributed by atoms with Gasteiger partial charge in [-0.25, -0.2) is 0 Å². The summed E-state index contributed by atoms with van der Waals surface area (Å²) in [5, 5.41) is 6.32. The second kappa shape index (κ2) is 11.0. The first-order chi connectivity index (χ1) is 18.7. The Hall–Kier alpha value is -2.71. The molecule has 8 nitrogen and oxygen atoms in total. The van der Waals surface area contributed by atoms with Gasteiger partial charge in [-0.15, -0.1) is 0 Å². The molecule has 4 aliphatic rings. The van der Waals surface area contributed by atoms with Crippen LogP contribution in [0.15, 0.2) is 30.4 Å². The summed E-state index contributed by atoms with van der Waals surface area (Å²) in [7, 11) is 0. The Bertz CT molecular complexity index is 1150. The molecule has 8 heteroatoms. The number of carbonyl (C=O) groups excluding carboxylic acids is 3. The average Bonchev–Trinajstić information content (AvgIpc) is 3.54. The monoisotopic (exact) mass is 537 g/mol. The lowest BCUT2D eigenvalue weighted by Crippen LogP contribution is -2.58. The van der Waals surface area contributed by atoms with Crippen LogP contribution < -0.4 is 10.6 Å². The minimum atomic E-state index is -1.15. The Morgan fingerprint density at radius 2 is 1.95 bits per heavy atom. The number of ether oxygens (including phenoxy) is 2. The average molecular weight is 538 g/mol. The molecule has 212 valence electrons. The van der Waals surface area contributed by atoms with Crippen LogP contribution in [0, 0.1) is 37.5 Å². The third-order valence-electron chi connectivity index (χ3n) is 9.63. The lowest BCUT2D eigenvalue weighted by molar-refractivity contribution is -0.141. The highest BCUT2D eigenvalue weighted by molar-refractivity contribution is 6.02. The van der Waals surface area contributed by atoms with Gasteiger partial charge in [0.05, 0.1) is 17.9 Å². The van der Waals surface area contributed by atoms with Crippen LogP contribution in [0.3, 0.4) is 0 Å². The number of benzene rings is 1. The van der Waals surface area contributed by atoms with Gasteiger partial charge in [-0.3, -0.25) is 14.4 Å². The fourth-order valence-electron chi connectivity index (χ4n) is 7.08. The van der Waals surface area contributed by atoms with Gasteiger partial charge in [0.25, 0.3) is 0 Å². The van der Waals surface area contributed by atoms with Gasteiger partial charge >= 0.3 is 0 Å². The van der Waals surface area contributed by atoms with Crippen molar-refractivity contribution < 1.29 is 23.9 Å². The molecule has 1 spiro atoms. The quantitative estimate of drug-likeness (QED) is 0.369. The number of hydrogen-bond acceptors (Lipinski definition) is 5. The van der Waals surface area contributed by atoms with Gasteiger partial charge in [-0.1, -0.05) is 44.9 Å². The zero-order chi connectivity index (χ0) is 27.9. The molecule has 1 aliphatic carbocycles. The molecule has 2 N–H and O–H groups in total. The number of hydrogen-bond donors (Lipinski definition) is 2. The maximum atomic E-state index is 14.0. The Labute approximate surface area is 231 Å². The summed E-state index contributed by atoms with van der Waals surface area (Å²) in [5.74, 6) is -1.20. The Balaban J connectivity index is 1.41. The molecule has 1 aromatic carbocycles. The molecule has 5 rings (SSSR count). The Morgan fingerprint density at radius 3 is 2.69 bits per heavy atom. The number of fused-ring (bicyclic) bond motifs is 1. The van der Waals surface area contributed by atoms with Crippen molar-refractivity contribution in [2.24, 2.45) is 23.7 Å². The SMILES string of the molecule is CCOCCCN1C(=O)[C@@H]2[C@H](C(=O)Nc3ccc(C)c(C)c3)[C@@H]3C=C[C@@]2(O3)[C@@H]1C(=O)N[C@@H]1CCC[C@H](C)[C@@H]1C. The van der Waals surface area contributed by atoms with Crippen LogP contribution in [0.25, 0.3) is 0 Å². The van der Waals surface area contributed by atoms with E-state index in [4.69, 9.17) is 9.47 Å². The molecule has 8 atom stereocenters. The highest BCUT2D eigenvalue weighted by Gasteiger charge is 2.72. The molecule has 1 saturated carbocycles. The lowest BCUT2D eigenvalue weighted by atomic mass is 9.73. The van der Waals surface area contributed by atoms with E-state index in [0.29, 0.717) is 43.7 Å². The molecule has 3 amide bonds. The summed E-state index contributed by atoms with van der Waals surface area (Å²) < 4.78 is 12.0. The van der Waals surface area contributed by atoms with Crippen LogP contribution in [-0.4, -0.2) is 66.2 Å². The number of aryl methyl sites for hydroxylation is 2. The fourth-order valence-corrected chi connectivity index (χ4v) is 7.08. The number of rotatable bonds is 9. The molecule has 39 heavy (non-hydrogen) atoms. The first-order valence-corrected chi connectivity index (χ1v) is 14.6. The van der Waals surface area contributed by atoms with Gasteiger partial charge in [-0.2, -0.15) is 0 Å². The van der Waals surface area contributed by atoms with Gasteiger partial charge < -0.3 is 25.0 Å². The van der Waals surface area contributed by atoms with Crippen molar-refractivity contribution >= 4 is 23.4 Å². The summed E-state index contributed by atoms with van der Waals surface area (Å²) in [5.41, 5.74) is 1.76. The van der Waals surface area contributed by atoms with E-state index in [1.807, 2.05) is 51.1 Å². The van der Waals surface area contributed by atoms with Crippen LogP contribution >= 0.6 is 0 Å². The lowest BCUT2D eigenvalue weighted by Gasteiger charge is -2.38. The molecule has 1 aromatic rings. The van der Waals surface area contributed by atoms with E-state index in [1.54, 1.807) is 4.90 Å². The summed E-state index contributed by atoms with van der Waals surface area (Å²) in [6.07, 6.45) is 6.97.